The number of hydrogen-bond acceptors (Lipinski definition) is 3. The van der Waals surface area contributed by atoms with E-state index in [4.69, 9.17) is 4.74 Å². The maximum absolute atomic E-state index is 5.44. The Kier molecular flexibility index (Phi) is 2.95. The molecule has 0 bridgehead atoms. The quantitative estimate of drug-likeness (QED) is 0.694. The molecular weight excluding hydrogens is 188 g/mol. The van der Waals surface area contributed by atoms with E-state index in [-0.39, 0.29) is 0 Å². The van der Waals surface area contributed by atoms with E-state index < -0.39 is 0 Å². The van der Waals surface area contributed by atoms with Crippen molar-refractivity contribution in [2.75, 3.05) is 32.8 Å². The van der Waals surface area contributed by atoms with Crippen LogP contribution in [0.25, 0.3) is 0 Å². The summed E-state index contributed by atoms with van der Waals surface area (Å²) in [6.45, 7) is 5.81. The summed E-state index contributed by atoms with van der Waals surface area (Å²) in [5.41, 5.74) is 0. The van der Waals surface area contributed by atoms with Crippen LogP contribution < -0.4 is 5.32 Å². The van der Waals surface area contributed by atoms with E-state index in [1.165, 1.54) is 45.3 Å². The van der Waals surface area contributed by atoms with Crippen molar-refractivity contribution in [1.29, 1.82) is 0 Å². The molecule has 0 aromatic rings. The molecule has 3 saturated heterocycles. The molecule has 3 fully saturated rings. The number of piperidine rings is 1. The van der Waals surface area contributed by atoms with Crippen molar-refractivity contribution in [3.63, 3.8) is 0 Å². The number of ether oxygens (including phenoxy) is 1. The first-order valence-corrected chi connectivity index (χ1v) is 6.48. The van der Waals surface area contributed by atoms with Crippen molar-refractivity contribution in [3.05, 3.63) is 0 Å². The third-order valence-corrected chi connectivity index (χ3v) is 4.33. The molecule has 3 nitrogen and oxygen atoms in total. The van der Waals surface area contributed by atoms with E-state index in [0.717, 1.165) is 31.2 Å². The molecule has 0 spiro atoms. The van der Waals surface area contributed by atoms with E-state index in [9.17, 15) is 0 Å². The Hall–Kier alpha value is -0.120. The first-order chi connectivity index (χ1) is 7.43. The van der Waals surface area contributed by atoms with Gasteiger partial charge in [-0.05, 0) is 38.1 Å². The fraction of sp³-hybridized carbons (Fsp3) is 1.00. The van der Waals surface area contributed by atoms with Crippen molar-refractivity contribution in [2.45, 2.75) is 37.8 Å². The third kappa shape index (κ3) is 2.05. The van der Waals surface area contributed by atoms with Gasteiger partial charge in [-0.2, -0.15) is 0 Å². The first kappa shape index (κ1) is 10.1. The molecule has 0 aliphatic carbocycles. The first-order valence-electron chi connectivity index (χ1n) is 6.48. The Balaban J connectivity index is 1.59. The second kappa shape index (κ2) is 4.40. The second-order valence-electron chi connectivity index (χ2n) is 5.26. The van der Waals surface area contributed by atoms with Crippen LogP contribution in [0.15, 0.2) is 0 Å². The second-order valence-corrected chi connectivity index (χ2v) is 5.26. The predicted molar refractivity (Wildman–Crippen MR) is 59.9 cm³/mol. The molecule has 0 aromatic carbocycles. The molecule has 1 N–H and O–H groups in total. The van der Waals surface area contributed by atoms with Gasteiger partial charge in [-0.3, -0.25) is 4.90 Å². The van der Waals surface area contributed by atoms with E-state index in [1.54, 1.807) is 0 Å². The highest BCUT2D eigenvalue weighted by Gasteiger charge is 2.37. The lowest BCUT2D eigenvalue weighted by molar-refractivity contribution is 0.0408. The summed E-state index contributed by atoms with van der Waals surface area (Å²) in [6, 6.07) is 1.60. The molecule has 0 amide bonds. The fourth-order valence-electron chi connectivity index (χ4n) is 3.43. The van der Waals surface area contributed by atoms with Crippen LogP contribution in [0.1, 0.15) is 25.7 Å². The minimum absolute atomic E-state index is 0.793. The van der Waals surface area contributed by atoms with E-state index >= 15 is 0 Å². The van der Waals surface area contributed by atoms with Gasteiger partial charge in [0.15, 0.2) is 0 Å². The monoisotopic (exact) mass is 210 g/mol. The summed E-state index contributed by atoms with van der Waals surface area (Å²) in [5.74, 6) is 0.932. The summed E-state index contributed by atoms with van der Waals surface area (Å²) in [5, 5.41) is 3.68. The van der Waals surface area contributed by atoms with Crippen molar-refractivity contribution < 1.29 is 4.74 Å². The van der Waals surface area contributed by atoms with Crippen molar-refractivity contribution >= 4 is 0 Å². The van der Waals surface area contributed by atoms with Crippen LogP contribution in [0, 0.1) is 5.92 Å². The molecule has 0 radical (unpaired) electrons. The van der Waals surface area contributed by atoms with Gasteiger partial charge in [-0.1, -0.05) is 0 Å². The molecule has 3 aliphatic rings. The topological polar surface area (TPSA) is 24.5 Å². The number of nitrogens with zero attached hydrogens (tertiary/aromatic N) is 1. The van der Waals surface area contributed by atoms with Gasteiger partial charge in [0.25, 0.3) is 0 Å². The van der Waals surface area contributed by atoms with Gasteiger partial charge < -0.3 is 10.1 Å². The summed E-state index contributed by atoms with van der Waals surface area (Å²) in [6.07, 6.45) is 5.32. The highest BCUT2D eigenvalue weighted by Crippen LogP contribution is 2.28. The Morgan fingerprint density at radius 3 is 2.73 bits per heavy atom. The molecule has 3 rings (SSSR count). The Morgan fingerprint density at radius 2 is 1.93 bits per heavy atom. The number of likely N-dealkylation sites (tertiary alicyclic amines) is 1. The number of rotatable bonds is 1. The maximum atomic E-state index is 5.44. The molecule has 15 heavy (non-hydrogen) atoms. The summed E-state index contributed by atoms with van der Waals surface area (Å²) in [7, 11) is 0. The zero-order valence-corrected chi connectivity index (χ0v) is 9.45. The van der Waals surface area contributed by atoms with Gasteiger partial charge in [0.1, 0.15) is 0 Å². The van der Waals surface area contributed by atoms with Crippen molar-refractivity contribution in [2.24, 2.45) is 5.92 Å². The van der Waals surface area contributed by atoms with E-state index in [2.05, 4.69) is 10.2 Å². The fourth-order valence-corrected chi connectivity index (χ4v) is 3.43. The average molecular weight is 210 g/mol. The summed E-state index contributed by atoms with van der Waals surface area (Å²) in [4.78, 5) is 2.72. The lowest BCUT2D eigenvalue weighted by atomic mass is 9.94. The normalized spacial score (nSPS) is 39.2. The molecule has 0 unspecified atom stereocenters. The molecule has 3 heteroatoms. The summed E-state index contributed by atoms with van der Waals surface area (Å²) < 4.78 is 5.44. The molecule has 3 heterocycles. The molecule has 0 saturated carbocycles. The van der Waals surface area contributed by atoms with Crippen LogP contribution >= 0.6 is 0 Å². The lowest BCUT2D eigenvalue weighted by Gasteiger charge is -2.31. The maximum Gasteiger partial charge on any atom is 0.0480 e. The highest BCUT2D eigenvalue weighted by atomic mass is 16.5. The molecule has 3 aliphatic heterocycles. The van der Waals surface area contributed by atoms with Crippen LogP contribution in [0.5, 0.6) is 0 Å². The average Bonchev–Trinajstić information content (AvgIpc) is 2.74. The van der Waals surface area contributed by atoms with Gasteiger partial charge in [0, 0.05) is 38.4 Å². The highest BCUT2D eigenvalue weighted by molar-refractivity contribution is 4.94. The third-order valence-electron chi connectivity index (χ3n) is 4.33. The largest absolute Gasteiger partial charge is 0.381 e. The minimum Gasteiger partial charge on any atom is -0.381 e. The van der Waals surface area contributed by atoms with Crippen molar-refractivity contribution in [3.8, 4) is 0 Å². The molecular formula is C12H22N2O. The van der Waals surface area contributed by atoms with Crippen LogP contribution in [-0.4, -0.2) is 49.8 Å². The Labute approximate surface area is 92.2 Å². The van der Waals surface area contributed by atoms with Crippen LogP contribution in [0.4, 0.5) is 0 Å². The lowest BCUT2D eigenvalue weighted by Crippen LogP contribution is -2.42. The Morgan fingerprint density at radius 1 is 1.07 bits per heavy atom. The predicted octanol–water partition coefficient (Wildman–Crippen LogP) is 0.849. The molecule has 86 valence electrons. The van der Waals surface area contributed by atoms with Gasteiger partial charge in [0.2, 0.25) is 0 Å². The smallest absolute Gasteiger partial charge is 0.0480 e. The van der Waals surface area contributed by atoms with Crippen LogP contribution in [-0.2, 0) is 4.74 Å². The van der Waals surface area contributed by atoms with Gasteiger partial charge in [-0.25, -0.2) is 0 Å². The Bertz CT molecular complexity index is 202. The van der Waals surface area contributed by atoms with E-state index in [0.29, 0.717) is 0 Å². The SMILES string of the molecule is C1CN[C@@H]2CN(C3CCOCC3)C[C@@H]2C1. The number of nitrogens with one attached hydrogen (secondary N) is 1. The minimum atomic E-state index is 0.793. The summed E-state index contributed by atoms with van der Waals surface area (Å²) >= 11 is 0. The van der Waals surface area contributed by atoms with Gasteiger partial charge in [0.05, 0.1) is 0 Å². The van der Waals surface area contributed by atoms with Crippen molar-refractivity contribution in [1.82, 2.24) is 10.2 Å². The zero-order chi connectivity index (χ0) is 10.1. The van der Waals surface area contributed by atoms with Gasteiger partial charge in [-0.15, -0.1) is 0 Å². The number of fused-ring (bicyclic) bond motifs is 1. The molecule has 0 aromatic heterocycles. The zero-order valence-electron chi connectivity index (χ0n) is 9.45. The van der Waals surface area contributed by atoms with Crippen LogP contribution in [0.2, 0.25) is 0 Å². The number of hydrogen-bond donors (Lipinski definition) is 1. The standard InChI is InChI=1S/C12H22N2O/c1-2-10-8-14(9-12(10)13-5-1)11-3-6-15-7-4-11/h10-13H,1-9H2/t10-,12+/m0/s1. The van der Waals surface area contributed by atoms with E-state index in [1.807, 2.05) is 0 Å². The van der Waals surface area contributed by atoms with Crippen LogP contribution in [0.3, 0.4) is 0 Å². The van der Waals surface area contributed by atoms with Gasteiger partial charge >= 0.3 is 0 Å². The molecule has 2 atom stereocenters.